The number of nitrogens with zero attached hydrogens (tertiary/aromatic N) is 1. The Kier molecular flexibility index (Phi) is 2.38. The highest BCUT2D eigenvalue weighted by molar-refractivity contribution is 6.05. The van der Waals surface area contributed by atoms with Crippen LogP contribution in [0.5, 0.6) is 0 Å². The summed E-state index contributed by atoms with van der Waals surface area (Å²) in [5.41, 5.74) is 1.06. The molecule has 1 aromatic rings. The number of hydrogen-bond donors (Lipinski definition) is 1. The molecule has 16 heavy (non-hydrogen) atoms. The van der Waals surface area contributed by atoms with Gasteiger partial charge in [0.05, 0.1) is 10.8 Å². The van der Waals surface area contributed by atoms with Gasteiger partial charge < -0.3 is 5.32 Å². The van der Waals surface area contributed by atoms with Gasteiger partial charge in [0.1, 0.15) is 5.69 Å². The van der Waals surface area contributed by atoms with E-state index in [1.165, 1.54) is 6.07 Å². The number of nitrogens with one attached hydrogen (secondary N) is 1. The Bertz CT molecular complexity index is 468. The number of para-hydroxylation sites is 1. The fourth-order valence-electron chi connectivity index (χ4n) is 2.11. The van der Waals surface area contributed by atoms with E-state index in [2.05, 4.69) is 5.32 Å². The number of amides is 1. The molecule has 2 rings (SSSR count). The Balaban J connectivity index is 2.57. The van der Waals surface area contributed by atoms with Gasteiger partial charge in [-0.2, -0.15) is 0 Å². The Hall–Kier alpha value is -1.91. The summed E-state index contributed by atoms with van der Waals surface area (Å²) in [5.74, 6) is -0.308. The molecule has 1 unspecified atom stereocenters. The molecule has 0 spiro atoms. The molecule has 1 aliphatic rings. The standard InChI is InChI=1S/C11H12N2O3/c1-6(2)9-7-4-3-5-8(13(15)16)10(7)12-11(9)14/h3-6,9H,1-2H3,(H,12,14). The minimum Gasteiger partial charge on any atom is -0.320 e. The third-order valence-corrected chi connectivity index (χ3v) is 2.80. The molecule has 0 fully saturated rings. The summed E-state index contributed by atoms with van der Waals surface area (Å²) in [6.07, 6.45) is 0. The number of anilines is 1. The van der Waals surface area contributed by atoms with Crippen molar-refractivity contribution < 1.29 is 9.72 Å². The molecule has 0 bridgehead atoms. The SMILES string of the molecule is CC(C)C1C(=O)Nc2c1cccc2[N+](=O)[O-]. The predicted molar refractivity (Wildman–Crippen MR) is 59.3 cm³/mol. The quantitative estimate of drug-likeness (QED) is 0.613. The van der Waals surface area contributed by atoms with Crippen LogP contribution in [0.1, 0.15) is 25.3 Å². The summed E-state index contributed by atoms with van der Waals surface area (Å²) in [4.78, 5) is 22.0. The molecule has 1 amide bonds. The molecule has 0 radical (unpaired) electrons. The van der Waals surface area contributed by atoms with Crippen molar-refractivity contribution in [3.8, 4) is 0 Å². The zero-order valence-corrected chi connectivity index (χ0v) is 9.06. The topological polar surface area (TPSA) is 72.2 Å². The lowest BCUT2D eigenvalue weighted by Crippen LogP contribution is -2.16. The van der Waals surface area contributed by atoms with Crippen LogP contribution in [0.4, 0.5) is 11.4 Å². The normalized spacial score (nSPS) is 18.4. The van der Waals surface area contributed by atoms with E-state index in [4.69, 9.17) is 0 Å². The zero-order chi connectivity index (χ0) is 11.9. The lowest BCUT2D eigenvalue weighted by Gasteiger charge is -2.11. The first-order valence-electron chi connectivity index (χ1n) is 5.10. The van der Waals surface area contributed by atoms with Crippen molar-refractivity contribution in [3.05, 3.63) is 33.9 Å². The van der Waals surface area contributed by atoms with Crippen LogP contribution in [0.3, 0.4) is 0 Å². The summed E-state index contributed by atoms with van der Waals surface area (Å²) in [5, 5.41) is 13.4. The van der Waals surface area contributed by atoms with Gasteiger partial charge in [0.2, 0.25) is 5.91 Å². The lowest BCUT2D eigenvalue weighted by atomic mass is 9.89. The predicted octanol–water partition coefficient (Wildman–Crippen LogP) is 2.29. The zero-order valence-electron chi connectivity index (χ0n) is 9.06. The van der Waals surface area contributed by atoms with Crippen LogP contribution in [-0.2, 0) is 4.79 Å². The third kappa shape index (κ3) is 1.44. The van der Waals surface area contributed by atoms with Crippen LogP contribution >= 0.6 is 0 Å². The molecular weight excluding hydrogens is 208 g/mol. The molecule has 1 heterocycles. The summed E-state index contributed by atoms with van der Waals surface area (Å²) < 4.78 is 0. The number of hydrogen-bond acceptors (Lipinski definition) is 3. The molecule has 0 aliphatic carbocycles. The van der Waals surface area contributed by atoms with E-state index in [0.29, 0.717) is 5.69 Å². The van der Waals surface area contributed by atoms with Crippen LogP contribution < -0.4 is 5.32 Å². The average Bonchev–Trinajstić information content (AvgIpc) is 2.52. The molecule has 0 saturated heterocycles. The third-order valence-electron chi connectivity index (χ3n) is 2.80. The van der Waals surface area contributed by atoms with Crippen molar-refractivity contribution in [2.75, 3.05) is 5.32 Å². The first-order valence-corrected chi connectivity index (χ1v) is 5.10. The van der Waals surface area contributed by atoms with Crippen molar-refractivity contribution in [2.45, 2.75) is 19.8 Å². The highest BCUT2D eigenvalue weighted by Gasteiger charge is 2.36. The van der Waals surface area contributed by atoms with E-state index in [9.17, 15) is 14.9 Å². The van der Waals surface area contributed by atoms with Gasteiger partial charge in [-0.05, 0) is 11.5 Å². The van der Waals surface area contributed by atoms with Gasteiger partial charge in [-0.15, -0.1) is 0 Å². The number of nitro benzene ring substituents is 1. The van der Waals surface area contributed by atoms with Crippen molar-refractivity contribution in [2.24, 2.45) is 5.92 Å². The van der Waals surface area contributed by atoms with Gasteiger partial charge in [0.15, 0.2) is 0 Å². The number of rotatable bonds is 2. The van der Waals surface area contributed by atoms with Crippen molar-refractivity contribution in [1.29, 1.82) is 0 Å². The molecule has 0 saturated carbocycles. The van der Waals surface area contributed by atoms with Gasteiger partial charge in [-0.3, -0.25) is 14.9 Å². The minimum absolute atomic E-state index is 0.0333. The van der Waals surface area contributed by atoms with E-state index in [1.54, 1.807) is 12.1 Å². The van der Waals surface area contributed by atoms with Crippen LogP contribution in [0, 0.1) is 16.0 Å². The number of fused-ring (bicyclic) bond motifs is 1. The Morgan fingerprint density at radius 3 is 2.69 bits per heavy atom. The summed E-state index contributed by atoms with van der Waals surface area (Å²) in [7, 11) is 0. The smallest absolute Gasteiger partial charge is 0.293 e. The van der Waals surface area contributed by atoms with E-state index in [0.717, 1.165) is 5.56 Å². The summed E-state index contributed by atoms with van der Waals surface area (Å²) >= 11 is 0. The van der Waals surface area contributed by atoms with Gasteiger partial charge in [0, 0.05) is 6.07 Å². The molecule has 1 aliphatic heterocycles. The first-order chi connectivity index (χ1) is 7.52. The van der Waals surface area contributed by atoms with Crippen molar-refractivity contribution in [3.63, 3.8) is 0 Å². The maximum atomic E-state index is 11.7. The molecule has 5 heteroatoms. The Morgan fingerprint density at radius 2 is 2.12 bits per heavy atom. The van der Waals surface area contributed by atoms with Crippen molar-refractivity contribution >= 4 is 17.3 Å². The largest absolute Gasteiger partial charge is 0.320 e. The maximum Gasteiger partial charge on any atom is 0.293 e. The second-order valence-corrected chi connectivity index (χ2v) is 4.21. The van der Waals surface area contributed by atoms with Crippen LogP contribution in [0.2, 0.25) is 0 Å². The number of benzene rings is 1. The summed E-state index contributed by atoms with van der Waals surface area (Å²) in [6, 6.07) is 4.79. The fourth-order valence-corrected chi connectivity index (χ4v) is 2.11. The fraction of sp³-hybridized carbons (Fsp3) is 0.364. The second-order valence-electron chi connectivity index (χ2n) is 4.21. The first kappa shape index (κ1) is 10.6. The van der Waals surface area contributed by atoms with E-state index in [1.807, 2.05) is 13.8 Å². The summed E-state index contributed by atoms with van der Waals surface area (Å²) in [6.45, 7) is 3.86. The maximum absolute atomic E-state index is 11.7. The highest BCUT2D eigenvalue weighted by atomic mass is 16.6. The average molecular weight is 220 g/mol. The van der Waals surface area contributed by atoms with Crippen LogP contribution in [0.25, 0.3) is 0 Å². The number of nitro groups is 1. The Morgan fingerprint density at radius 1 is 1.44 bits per heavy atom. The van der Waals surface area contributed by atoms with Gasteiger partial charge in [-0.1, -0.05) is 26.0 Å². The van der Waals surface area contributed by atoms with Gasteiger partial charge in [-0.25, -0.2) is 0 Å². The highest BCUT2D eigenvalue weighted by Crippen LogP contribution is 2.41. The lowest BCUT2D eigenvalue weighted by molar-refractivity contribution is -0.383. The molecule has 5 nitrogen and oxygen atoms in total. The van der Waals surface area contributed by atoms with Gasteiger partial charge >= 0.3 is 0 Å². The Labute approximate surface area is 92.6 Å². The van der Waals surface area contributed by atoms with E-state index < -0.39 is 4.92 Å². The monoisotopic (exact) mass is 220 g/mol. The molecule has 1 atom stereocenters. The molecular formula is C11H12N2O3. The number of carbonyl (C=O) groups excluding carboxylic acids is 1. The second kappa shape index (κ2) is 3.59. The van der Waals surface area contributed by atoms with E-state index in [-0.39, 0.29) is 23.4 Å². The van der Waals surface area contributed by atoms with Gasteiger partial charge in [0.25, 0.3) is 5.69 Å². The van der Waals surface area contributed by atoms with Crippen LogP contribution in [0.15, 0.2) is 18.2 Å². The van der Waals surface area contributed by atoms with Crippen LogP contribution in [-0.4, -0.2) is 10.8 Å². The molecule has 0 aromatic heterocycles. The molecule has 1 aromatic carbocycles. The number of carbonyl (C=O) groups is 1. The molecule has 1 N–H and O–H groups in total. The minimum atomic E-state index is -0.470. The molecule has 84 valence electrons. The van der Waals surface area contributed by atoms with Crippen molar-refractivity contribution in [1.82, 2.24) is 0 Å². The van der Waals surface area contributed by atoms with E-state index >= 15 is 0 Å².